The maximum absolute atomic E-state index is 12.6. The van der Waals surface area contributed by atoms with E-state index in [0.29, 0.717) is 24.3 Å². The molecule has 0 spiro atoms. The molecule has 2 aromatic carbocycles. The van der Waals surface area contributed by atoms with Gasteiger partial charge in [0.2, 0.25) is 11.8 Å². The largest absolute Gasteiger partial charge is 0.352 e. The predicted molar refractivity (Wildman–Crippen MR) is 110 cm³/mol. The molecule has 0 aromatic heterocycles. The molecule has 0 fully saturated rings. The molecule has 6 heteroatoms. The minimum Gasteiger partial charge on any atom is -0.352 e. The van der Waals surface area contributed by atoms with Gasteiger partial charge in [-0.25, -0.2) is 0 Å². The van der Waals surface area contributed by atoms with Gasteiger partial charge in [0, 0.05) is 13.1 Å². The standard InChI is InChI=1S/C22H25N3O3/c1-3-13-23-22(28)18-11-7-8-12-19(18)25-21(27)14-16-9-5-6-10-17(16)15-24-20(26)4-2/h4-12H,2-3,13-15H2,1H3,(H,23,28)(H,24,26)(H,25,27). The molecular weight excluding hydrogens is 354 g/mol. The van der Waals surface area contributed by atoms with Crippen molar-refractivity contribution in [3.8, 4) is 0 Å². The SMILES string of the molecule is C=CC(=O)NCc1ccccc1CC(=O)Nc1ccccc1C(=O)NCCC. The highest BCUT2D eigenvalue weighted by molar-refractivity contribution is 6.04. The summed E-state index contributed by atoms with van der Waals surface area (Å²) in [5, 5.41) is 8.35. The quantitative estimate of drug-likeness (QED) is 0.586. The molecule has 6 nitrogen and oxygen atoms in total. The summed E-state index contributed by atoms with van der Waals surface area (Å²) in [5.74, 6) is -0.727. The first-order valence-electron chi connectivity index (χ1n) is 9.19. The van der Waals surface area contributed by atoms with Gasteiger partial charge in [0.25, 0.3) is 5.91 Å². The summed E-state index contributed by atoms with van der Waals surface area (Å²) in [4.78, 5) is 36.2. The highest BCUT2D eigenvalue weighted by atomic mass is 16.2. The van der Waals surface area contributed by atoms with Crippen molar-refractivity contribution in [2.75, 3.05) is 11.9 Å². The predicted octanol–water partition coefficient (Wildman–Crippen LogP) is 2.81. The van der Waals surface area contributed by atoms with Crippen molar-refractivity contribution in [2.45, 2.75) is 26.3 Å². The Morgan fingerprint density at radius 3 is 2.36 bits per heavy atom. The normalized spacial score (nSPS) is 10.0. The topological polar surface area (TPSA) is 87.3 Å². The van der Waals surface area contributed by atoms with Crippen molar-refractivity contribution in [1.82, 2.24) is 10.6 Å². The third kappa shape index (κ3) is 6.09. The molecule has 0 bridgehead atoms. The van der Waals surface area contributed by atoms with E-state index in [4.69, 9.17) is 0 Å². The highest BCUT2D eigenvalue weighted by Gasteiger charge is 2.14. The van der Waals surface area contributed by atoms with Crippen LogP contribution in [-0.4, -0.2) is 24.3 Å². The molecule has 0 atom stereocenters. The summed E-state index contributed by atoms with van der Waals surface area (Å²) in [6.45, 7) is 6.28. The van der Waals surface area contributed by atoms with Gasteiger partial charge < -0.3 is 16.0 Å². The molecule has 0 saturated heterocycles. The molecular formula is C22H25N3O3. The van der Waals surface area contributed by atoms with Gasteiger partial charge in [-0.05, 0) is 35.8 Å². The van der Waals surface area contributed by atoms with Crippen molar-refractivity contribution in [2.24, 2.45) is 0 Å². The van der Waals surface area contributed by atoms with Gasteiger partial charge >= 0.3 is 0 Å². The van der Waals surface area contributed by atoms with Crippen LogP contribution in [0.25, 0.3) is 0 Å². The van der Waals surface area contributed by atoms with Crippen LogP contribution < -0.4 is 16.0 Å². The molecule has 3 N–H and O–H groups in total. The van der Waals surface area contributed by atoms with Crippen molar-refractivity contribution in [3.63, 3.8) is 0 Å². The van der Waals surface area contributed by atoms with E-state index < -0.39 is 0 Å². The van der Waals surface area contributed by atoms with Crippen molar-refractivity contribution >= 4 is 23.4 Å². The second-order valence-electron chi connectivity index (χ2n) is 6.22. The third-order valence-corrected chi connectivity index (χ3v) is 4.09. The Hall–Kier alpha value is -3.41. The fourth-order valence-electron chi connectivity index (χ4n) is 2.65. The van der Waals surface area contributed by atoms with E-state index in [1.807, 2.05) is 31.2 Å². The van der Waals surface area contributed by atoms with Gasteiger partial charge in [-0.15, -0.1) is 0 Å². The summed E-state index contributed by atoms with van der Waals surface area (Å²) >= 11 is 0. The van der Waals surface area contributed by atoms with Crippen LogP contribution in [0.3, 0.4) is 0 Å². The Labute approximate surface area is 165 Å². The van der Waals surface area contributed by atoms with Gasteiger partial charge in [-0.1, -0.05) is 49.9 Å². The van der Waals surface area contributed by atoms with Gasteiger partial charge in [-0.2, -0.15) is 0 Å². The Bertz CT molecular complexity index is 862. The summed E-state index contributed by atoms with van der Waals surface area (Å²) in [5.41, 5.74) is 2.55. The molecule has 0 aliphatic carbocycles. The summed E-state index contributed by atoms with van der Waals surface area (Å²) in [6, 6.07) is 14.3. The van der Waals surface area contributed by atoms with Crippen LogP contribution >= 0.6 is 0 Å². The minimum absolute atomic E-state index is 0.130. The fraction of sp³-hybridized carbons (Fsp3) is 0.227. The zero-order valence-corrected chi connectivity index (χ0v) is 16.0. The number of carbonyl (C=O) groups excluding carboxylic acids is 3. The monoisotopic (exact) mass is 379 g/mol. The van der Waals surface area contributed by atoms with E-state index in [-0.39, 0.29) is 24.1 Å². The first kappa shape index (κ1) is 20.9. The Morgan fingerprint density at radius 2 is 1.64 bits per heavy atom. The molecule has 28 heavy (non-hydrogen) atoms. The van der Waals surface area contributed by atoms with Crippen molar-refractivity contribution in [3.05, 3.63) is 77.9 Å². The van der Waals surface area contributed by atoms with E-state index in [0.717, 1.165) is 17.5 Å². The number of carbonyl (C=O) groups is 3. The zero-order chi connectivity index (χ0) is 20.4. The first-order chi connectivity index (χ1) is 13.5. The van der Waals surface area contributed by atoms with E-state index in [1.54, 1.807) is 24.3 Å². The first-order valence-corrected chi connectivity index (χ1v) is 9.19. The van der Waals surface area contributed by atoms with Crippen LogP contribution in [0.2, 0.25) is 0 Å². The number of nitrogens with one attached hydrogen (secondary N) is 3. The molecule has 0 radical (unpaired) electrons. The second kappa shape index (κ2) is 10.7. The third-order valence-electron chi connectivity index (χ3n) is 4.09. The summed E-state index contributed by atoms with van der Waals surface area (Å²) in [6.07, 6.45) is 2.17. The molecule has 0 saturated carbocycles. The van der Waals surface area contributed by atoms with E-state index in [2.05, 4.69) is 22.5 Å². The van der Waals surface area contributed by atoms with Crippen LogP contribution in [0.5, 0.6) is 0 Å². The number of benzene rings is 2. The number of hydrogen-bond donors (Lipinski definition) is 3. The van der Waals surface area contributed by atoms with Crippen molar-refractivity contribution in [1.29, 1.82) is 0 Å². The molecule has 146 valence electrons. The number of para-hydroxylation sites is 1. The van der Waals surface area contributed by atoms with Crippen molar-refractivity contribution < 1.29 is 14.4 Å². The van der Waals surface area contributed by atoms with Gasteiger partial charge in [0.1, 0.15) is 0 Å². The van der Waals surface area contributed by atoms with E-state index >= 15 is 0 Å². The highest BCUT2D eigenvalue weighted by Crippen LogP contribution is 2.16. The number of rotatable bonds is 9. The fourth-order valence-corrected chi connectivity index (χ4v) is 2.65. The second-order valence-corrected chi connectivity index (χ2v) is 6.22. The van der Waals surface area contributed by atoms with Gasteiger partial charge in [0.05, 0.1) is 17.7 Å². The van der Waals surface area contributed by atoms with Crippen LogP contribution in [-0.2, 0) is 22.6 Å². The Balaban J connectivity index is 2.08. The van der Waals surface area contributed by atoms with Crippen LogP contribution in [0.1, 0.15) is 34.8 Å². The zero-order valence-electron chi connectivity index (χ0n) is 16.0. The number of hydrogen-bond acceptors (Lipinski definition) is 3. The van der Waals surface area contributed by atoms with Crippen LogP contribution in [0.4, 0.5) is 5.69 Å². The lowest BCUT2D eigenvalue weighted by atomic mass is 10.0. The summed E-state index contributed by atoms with van der Waals surface area (Å²) < 4.78 is 0. The molecule has 0 heterocycles. The van der Waals surface area contributed by atoms with Gasteiger partial charge in [0.15, 0.2) is 0 Å². The smallest absolute Gasteiger partial charge is 0.253 e. The lowest BCUT2D eigenvalue weighted by Crippen LogP contribution is -2.26. The molecule has 2 rings (SSSR count). The minimum atomic E-state index is -0.272. The lowest BCUT2D eigenvalue weighted by molar-refractivity contribution is -0.116. The van der Waals surface area contributed by atoms with Crippen LogP contribution in [0.15, 0.2) is 61.2 Å². The Morgan fingerprint density at radius 1 is 0.964 bits per heavy atom. The number of anilines is 1. The van der Waals surface area contributed by atoms with Crippen LogP contribution in [0, 0.1) is 0 Å². The van der Waals surface area contributed by atoms with Gasteiger partial charge in [-0.3, -0.25) is 14.4 Å². The molecule has 3 amide bonds. The molecule has 0 unspecified atom stereocenters. The molecule has 2 aromatic rings. The number of amides is 3. The molecule has 0 aliphatic rings. The Kier molecular flexibility index (Phi) is 7.96. The average Bonchev–Trinajstić information content (AvgIpc) is 2.71. The maximum atomic E-state index is 12.6. The van der Waals surface area contributed by atoms with E-state index in [9.17, 15) is 14.4 Å². The lowest BCUT2D eigenvalue weighted by Gasteiger charge is -2.13. The average molecular weight is 379 g/mol. The maximum Gasteiger partial charge on any atom is 0.253 e. The summed E-state index contributed by atoms with van der Waals surface area (Å²) in [7, 11) is 0. The van der Waals surface area contributed by atoms with E-state index in [1.165, 1.54) is 6.08 Å². The molecule has 0 aliphatic heterocycles.